The number of aliphatic carboxylic acids is 1. The first-order valence-corrected chi connectivity index (χ1v) is 8.97. The van der Waals surface area contributed by atoms with Gasteiger partial charge in [0.05, 0.1) is 5.75 Å². The molecule has 6 heteroatoms. The molecule has 3 rings (SSSR count). The van der Waals surface area contributed by atoms with Crippen LogP contribution in [0.2, 0.25) is 0 Å². The van der Waals surface area contributed by atoms with E-state index in [1.165, 1.54) is 16.7 Å². The van der Waals surface area contributed by atoms with Gasteiger partial charge in [-0.2, -0.15) is 5.10 Å². The molecule has 0 atom stereocenters. The molecule has 0 unspecified atom stereocenters. The van der Waals surface area contributed by atoms with Crippen LogP contribution in [0.5, 0.6) is 0 Å². The summed E-state index contributed by atoms with van der Waals surface area (Å²) in [4.78, 5) is 15.5. The molecule has 1 aliphatic rings. The van der Waals surface area contributed by atoms with Crippen molar-refractivity contribution in [3.63, 3.8) is 0 Å². The summed E-state index contributed by atoms with van der Waals surface area (Å²) in [6.45, 7) is 4.10. The van der Waals surface area contributed by atoms with E-state index in [1.54, 1.807) is 16.4 Å². The number of carboxylic acid groups (broad SMARTS) is 1. The molecule has 1 heterocycles. The Bertz CT molecular complexity index is 702. The maximum atomic E-state index is 11.0. The van der Waals surface area contributed by atoms with Crippen LogP contribution in [0, 0.1) is 13.8 Å². The first-order chi connectivity index (χ1) is 11.0. The second kappa shape index (κ2) is 6.74. The van der Waals surface area contributed by atoms with Crippen LogP contribution in [0.15, 0.2) is 18.2 Å². The van der Waals surface area contributed by atoms with Gasteiger partial charge in [0.1, 0.15) is 12.4 Å². The van der Waals surface area contributed by atoms with E-state index >= 15 is 0 Å². The molecule has 2 aromatic rings. The highest BCUT2D eigenvalue weighted by molar-refractivity contribution is 7.97. The molecule has 1 aromatic carbocycles. The summed E-state index contributed by atoms with van der Waals surface area (Å²) in [7, 11) is 0. The van der Waals surface area contributed by atoms with Gasteiger partial charge in [0, 0.05) is 11.7 Å². The Morgan fingerprint density at radius 2 is 1.96 bits per heavy atom. The fourth-order valence-electron chi connectivity index (χ4n) is 2.68. The predicted octanol–water partition coefficient (Wildman–Crippen LogP) is 3.29. The number of carbonyl (C=O) groups is 1. The van der Waals surface area contributed by atoms with Gasteiger partial charge in [-0.05, 0) is 32.3 Å². The fraction of sp³-hybridized carbons (Fsp3) is 0.471. The van der Waals surface area contributed by atoms with Crippen LogP contribution < -0.4 is 0 Å². The van der Waals surface area contributed by atoms with Crippen molar-refractivity contribution in [2.45, 2.75) is 50.7 Å². The van der Waals surface area contributed by atoms with Gasteiger partial charge >= 0.3 is 5.97 Å². The molecule has 1 saturated carbocycles. The molecule has 1 fully saturated rings. The molecule has 122 valence electrons. The maximum absolute atomic E-state index is 11.0. The number of aryl methyl sites for hydroxylation is 2. The number of carboxylic acids is 1. The molecule has 0 spiro atoms. The number of rotatable bonds is 7. The zero-order valence-electron chi connectivity index (χ0n) is 13.5. The Balaban J connectivity index is 1.65. The molecule has 0 aliphatic heterocycles. The number of aromatic nitrogens is 3. The lowest BCUT2D eigenvalue weighted by molar-refractivity contribution is -0.137. The van der Waals surface area contributed by atoms with Gasteiger partial charge in [-0.1, -0.05) is 29.3 Å². The Morgan fingerprint density at radius 1 is 1.26 bits per heavy atom. The van der Waals surface area contributed by atoms with Gasteiger partial charge in [-0.15, -0.1) is 11.8 Å². The van der Waals surface area contributed by atoms with Crippen molar-refractivity contribution in [3.8, 4) is 0 Å². The topological polar surface area (TPSA) is 68.0 Å². The van der Waals surface area contributed by atoms with Crippen molar-refractivity contribution in [3.05, 3.63) is 46.5 Å². The van der Waals surface area contributed by atoms with Crippen LogP contribution in [-0.2, 0) is 22.8 Å². The minimum atomic E-state index is -0.877. The van der Waals surface area contributed by atoms with Crippen molar-refractivity contribution in [2.75, 3.05) is 0 Å². The minimum absolute atomic E-state index is 0.112. The van der Waals surface area contributed by atoms with Gasteiger partial charge in [0.15, 0.2) is 5.82 Å². The molecule has 1 N–H and O–H groups in total. The lowest BCUT2D eigenvalue weighted by Crippen LogP contribution is -2.13. The summed E-state index contributed by atoms with van der Waals surface area (Å²) >= 11 is 1.75. The Kier molecular flexibility index (Phi) is 4.71. The predicted molar refractivity (Wildman–Crippen MR) is 90.5 cm³/mol. The molecule has 0 saturated heterocycles. The summed E-state index contributed by atoms with van der Waals surface area (Å²) in [6.07, 6.45) is 2.23. The van der Waals surface area contributed by atoms with Crippen LogP contribution in [0.3, 0.4) is 0 Å². The van der Waals surface area contributed by atoms with Crippen LogP contribution >= 0.6 is 11.8 Å². The largest absolute Gasteiger partial charge is 0.480 e. The third kappa shape index (κ3) is 4.34. The molecule has 0 bridgehead atoms. The molecule has 1 aliphatic carbocycles. The quantitative estimate of drug-likeness (QED) is 0.843. The summed E-state index contributed by atoms with van der Waals surface area (Å²) in [5.74, 6) is 2.71. The first-order valence-electron chi connectivity index (χ1n) is 7.81. The van der Waals surface area contributed by atoms with E-state index in [4.69, 9.17) is 5.11 Å². The molecule has 5 nitrogen and oxygen atoms in total. The molecule has 1 aromatic heterocycles. The van der Waals surface area contributed by atoms with Crippen LogP contribution in [-0.4, -0.2) is 25.8 Å². The highest BCUT2D eigenvalue weighted by Crippen LogP contribution is 2.38. The Hall–Kier alpha value is -1.82. The number of hydrogen-bond donors (Lipinski definition) is 1. The van der Waals surface area contributed by atoms with Crippen molar-refractivity contribution < 1.29 is 9.90 Å². The number of hydrogen-bond acceptors (Lipinski definition) is 4. The average molecular weight is 331 g/mol. The van der Waals surface area contributed by atoms with E-state index in [1.807, 2.05) is 0 Å². The van der Waals surface area contributed by atoms with Crippen molar-refractivity contribution in [2.24, 2.45) is 0 Å². The lowest BCUT2D eigenvalue weighted by atomic mass is 10.1. The molecule has 23 heavy (non-hydrogen) atoms. The van der Waals surface area contributed by atoms with E-state index < -0.39 is 5.97 Å². The zero-order chi connectivity index (χ0) is 16.4. The second-order valence-corrected chi connectivity index (χ2v) is 7.19. The minimum Gasteiger partial charge on any atom is -0.480 e. The number of thioether (sulfide) groups is 1. The van der Waals surface area contributed by atoms with Gasteiger partial charge in [-0.25, -0.2) is 9.67 Å². The number of nitrogens with zero attached hydrogens (tertiary/aromatic N) is 3. The Labute approximate surface area is 140 Å². The van der Waals surface area contributed by atoms with Crippen LogP contribution in [0.25, 0.3) is 0 Å². The normalized spacial score (nSPS) is 14.2. The monoisotopic (exact) mass is 331 g/mol. The molecule has 0 amide bonds. The van der Waals surface area contributed by atoms with Gasteiger partial charge in [0.2, 0.25) is 0 Å². The van der Waals surface area contributed by atoms with E-state index in [0.29, 0.717) is 11.7 Å². The average Bonchev–Trinajstić information content (AvgIpc) is 3.22. The highest BCUT2D eigenvalue weighted by Gasteiger charge is 2.29. The highest BCUT2D eigenvalue weighted by atomic mass is 32.2. The first kappa shape index (κ1) is 16.1. The molecular formula is C17H21N3O2S. The van der Waals surface area contributed by atoms with Gasteiger partial charge in [0.25, 0.3) is 0 Å². The van der Waals surface area contributed by atoms with E-state index in [2.05, 4.69) is 42.1 Å². The van der Waals surface area contributed by atoms with Gasteiger partial charge in [-0.3, -0.25) is 4.79 Å². The molecule has 0 radical (unpaired) electrons. The fourth-order valence-corrected chi connectivity index (χ4v) is 3.58. The smallest absolute Gasteiger partial charge is 0.325 e. The number of benzene rings is 1. The third-order valence-electron chi connectivity index (χ3n) is 3.77. The lowest BCUT2D eigenvalue weighted by Gasteiger charge is -2.06. The molecular weight excluding hydrogens is 310 g/mol. The van der Waals surface area contributed by atoms with E-state index in [0.717, 1.165) is 30.2 Å². The second-order valence-electron chi connectivity index (χ2n) is 6.20. The van der Waals surface area contributed by atoms with Gasteiger partial charge < -0.3 is 5.11 Å². The van der Waals surface area contributed by atoms with Crippen molar-refractivity contribution in [1.29, 1.82) is 0 Å². The summed E-state index contributed by atoms with van der Waals surface area (Å²) in [5, 5.41) is 13.4. The van der Waals surface area contributed by atoms with Crippen LogP contribution in [0.4, 0.5) is 0 Å². The maximum Gasteiger partial charge on any atom is 0.325 e. The standard InChI is InChI=1S/C17H21N3O2S/c1-11-5-12(2)7-13(6-11)9-23-10-15-18-17(14-3-4-14)19-20(15)8-16(21)22/h5-7,14H,3-4,8-10H2,1-2H3,(H,21,22). The summed E-state index contributed by atoms with van der Waals surface area (Å²) in [5.41, 5.74) is 3.83. The SMILES string of the molecule is Cc1cc(C)cc(CSCc2nc(C3CC3)nn2CC(=O)O)c1. The summed E-state index contributed by atoms with van der Waals surface area (Å²) < 4.78 is 1.55. The Morgan fingerprint density at radius 3 is 2.57 bits per heavy atom. The third-order valence-corrected chi connectivity index (χ3v) is 4.77. The van der Waals surface area contributed by atoms with Crippen molar-refractivity contribution >= 4 is 17.7 Å². The van der Waals surface area contributed by atoms with Crippen molar-refractivity contribution in [1.82, 2.24) is 14.8 Å². The summed E-state index contributed by atoms with van der Waals surface area (Å²) in [6, 6.07) is 6.55. The van der Waals surface area contributed by atoms with Crippen LogP contribution in [0.1, 0.15) is 47.1 Å². The van der Waals surface area contributed by atoms with E-state index in [-0.39, 0.29) is 6.54 Å². The zero-order valence-corrected chi connectivity index (χ0v) is 14.3. The van der Waals surface area contributed by atoms with E-state index in [9.17, 15) is 4.79 Å².